The molecule has 102 valence electrons. The number of aliphatic hydroxyl groups excluding tert-OH is 2. The fourth-order valence-corrected chi connectivity index (χ4v) is 1.53. The van der Waals surface area contributed by atoms with Crippen molar-refractivity contribution < 1.29 is 10.2 Å². The van der Waals surface area contributed by atoms with Crippen LogP contribution in [-0.2, 0) is 13.2 Å². The van der Waals surface area contributed by atoms with Gasteiger partial charge in [-0.2, -0.15) is 0 Å². The van der Waals surface area contributed by atoms with Gasteiger partial charge in [-0.1, -0.05) is 27.7 Å². The summed E-state index contributed by atoms with van der Waals surface area (Å²) in [7, 11) is 0. The Morgan fingerprint density at radius 1 is 1.06 bits per heavy atom. The van der Waals surface area contributed by atoms with Crippen molar-refractivity contribution >= 4 is 0 Å². The Labute approximate surface area is 109 Å². The molecule has 4 nitrogen and oxygen atoms in total. The van der Waals surface area contributed by atoms with Crippen molar-refractivity contribution in [2.24, 2.45) is 0 Å². The first-order valence-corrected chi connectivity index (χ1v) is 6.41. The molecule has 0 fully saturated rings. The smallest absolute Gasteiger partial charge is 0.0852 e. The number of nitrogens with one attached hydrogen (secondary N) is 1. The number of aliphatic hydroxyl groups is 2. The summed E-state index contributed by atoms with van der Waals surface area (Å²) in [6.07, 6.45) is 3.62. The Hall–Kier alpha value is -1.52. The molecule has 0 spiro atoms. The average molecular weight is 252 g/mol. The van der Waals surface area contributed by atoms with Gasteiger partial charge in [0.25, 0.3) is 0 Å². The molecule has 3 N–H and O–H groups in total. The van der Waals surface area contributed by atoms with Crippen LogP contribution in [0.2, 0.25) is 0 Å². The highest BCUT2D eigenvalue weighted by molar-refractivity contribution is 5.39. The molecule has 0 atom stereocenters. The number of aromatic amines is 1. The maximum absolute atomic E-state index is 9.08. The zero-order chi connectivity index (χ0) is 14.0. The van der Waals surface area contributed by atoms with Crippen LogP contribution in [0.4, 0.5) is 0 Å². The van der Waals surface area contributed by atoms with Crippen molar-refractivity contribution in [3.63, 3.8) is 0 Å². The van der Waals surface area contributed by atoms with E-state index in [4.69, 9.17) is 10.2 Å². The fraction of sp³-hybridized carbons (Fsp3) is 0.429. The molecule has 4 heteroatoms. The Morgan fingerprint density at radius 2 is 1.72 bits per heavy atom. The van der Waals surface area contributed by atoms with Crippen molar-refractivity contribution in [1.82, 2.24) is 9.55 Å². The maximum atomic E-state index is 9.08. The van der Waals surface area contributed by atoms with E-state index in [0.29, 0.717) is 0 Å². The molecule has 0 saturated heterocycles. The number of hydrogen-bond donors (Lipinski definition) is 3. The van der Waals surface area contributed by atoms with E-state index < -0.39 is 0 Å². The minimum atomic E-state index is -0.0363. The van der Waals surface area contributed by atoms with Gasteiger partial charge in [-0.25, -0.2) is 0 Å². The highest BCUT2D eigenvalue weighted by atomic mass is 16.3. The molecule has 0 amide bonds. The molecule has 0 saturated carbocycles. The second-order valence-electron chi connectivity index (χ2n) is 3.03. The van der Waals surface area contributed by atoms with Gasteiger partial charge in [0.2, 0.25) is 0 Å². The molecule has 2 rings (SSSR count). The van der Waals surface area contributed by atoms with Gasteiger partial charge in [0.05, 0.1) is 24.6 Å². The van der Waals surface area contributed by atoms with E-state index >= 15 is 0 Å². The number of aromatic nitrogens is 2. The highest BCUT2D eigenvalue weighted by Crippen LogP contribution is 2.16. The Kier molecular flexibility index (Phi) is 8.70. The highest BCUT2D eigenvalue weighted by Gasteiger charge is 2.07. The van der Waals surface area contributed by atoms with Crippen molar-refractivity contribution in [3.8, 4) is 5.69 Å². The van der Waals surface area contributed by atoms with Crippen molar-refractivity contribution in [2.75, 3.05) is 0 Å². The number of H-pyrrole nitrogens is 1. The van der Waals surface area contributed by atoms with Gasteiger partial charge in [-0.3, -0.25) is 0 Å². The van der Waals surface area contributed by atoms with E-state index in [-0.39, 0.29) is 13.2 Å². The van der Waals surface area contributed by atoms with Crippen LogP contribution >= 0.6 is 0 Å². The van der Waals surface area contributed by atoms with Crippen LogP contribution in [0.25, 0.3) is 5.69 Å². The first-order valence-electron chi connectivity index (χ1n) is 6.41. The summed E-state index contributed by atoms with van der Waals surface area (Å²) in [5.41, 5.74) is 2.43. The van der Waals surface area contributed by atoms with Crippen LogP contribution in [0.5, 0.6) is 0 Å². The van der Waals surface area contributed by atoms with Crippen molar-refractivity contribution in [3.05, 3.63) is 42.0 Å². The van der Waals surface area contributed by atoms with E-state index in [9.17, 15) is 0 Å². The topological polar surface area (TPSA) is 61.2 Å². The van der Waals surface area contributed by atoms with Gasteiger partial charge < -0.3 is 19.8 Å². The van der Waals surface area contributed by atoms with Crippen LogP contribution in [-0.4, -0.2) is 19.8 Å². The van der Waals surface area contributed by atoms with E-state index in [1.807, 2.05) is 56.7 Å². The summed E-state index contributed by atoms with van der Waals surface area (Å²) in [5, 5.41) is 18.1. The van der Waals surface area contributed by atoms with E-state index in [0.717, 1.165) is 17.1 Å². The summed E-state index contributed by atoms with van der Waals surface area (Å²) < 4.78 is 1.85. The molecule has 2 aromatic rings. The minimum Gasteiger partial charge on any atom is -0.390 e. The third-order valence-corrected chi connectivity index (χ3v) is 2.22. The molecular formula is C14H24N2O2. The summed E-state index contributed by atoms with van der Waals surface area (Å²) in [6, 6.07) is 5.57. The lowest BCUT2D eigenvalue weighted by Crippen LogP contribution is -2.00. The summed E-state index contributed by atoms with van der Waals surface area (Å²) in [6.45, 7) is 7.95. The molecule has 0 bridgehead atoms. The summed E-state index contributed by atoms with van der Waals surface area (Å²) in [4.78, 5) is 2.94. The quantitative estimate of drug-likeness (QED) is 0.786. The van der Waals surface area contributed by atoms with E-state index in [1.54, 1.807) is 6.20 Å². The van der Waals surface area contributed by atoms with Crippen molar-refractivity contribution in [2.45, 2.75) is 40.9 Å². The molecule has 2 heterocycles. The number of hydrogen-bond acceptors (Lipinski definition) is 2. The van der Waals surface area contributed by atoms with Crippen LogP contribution < -0.4 is 0 Å². The molecule has 0 aliphatic carbocycles. The monoisotopic (exact) mass is 252 g/mol. The number of nitrogens with zero attached hydrogens (tertiary/aromatic N) is 1. The molecule has 0 aliphatic heterocycles. The Bertz CT molecular complexity index is 379. The van der Waals surface area contributed by atoms with Gasteiger partial charge >= 0.3 is 0 Å². The molecule has 18 heavy (non-hydrogen) atoms. The lowest BCUT2D eigenvalue weighted by Gasteiger charge is -2.06. The lowest BCUT2D eigenvalue weighted by atomic mass is 10.3. The molecule has 0 aliphatic rings. The van der Waals surface area contributed by atoms with E-state index in [2.05, 4.69) is 4.98 Å². The maximum Gasteiger partial charge on any atom is 0.0852 e. The third kappa shape index (κ3) is 3.75. The first-order chi connectivity index (χ1) is 8.86. The van der Waals surface area contributed by atoms with Gasteiger partial charge in [0.15, 0.2) is 0 Å². The van der Waals surface area contributed by atoms with Gasteiger partial charge in [-0.15, -0.1) is 0 Å². The normalized spacial score (nSPS) is 9.00. The first kappa shape index (κ1) is 16.5. The summed E-state index contributed by atoms with van der Waals surface area (Å²) >= 11 is 0. The van der Waals surface area contributed by atoms with Crippen molar-refractivity contribution in [1.29, 1.82) is 0 Å². The Morgan fingerprint density at radius 3 is 2.28 bits per heavy atom. The predicted molar refractivity (Wildman–Crippen MR) is 74.7 cm³/mol. The van der Waals surface area contributed by atoms with Crippen LogP contribution in [0.1, 0.15) is 39.1 Å². The molecule has 0 unspecified atom stereocenters. The average Bonchev–Trinajstić information content (AvgIpc) is 3.10. The zero-order valence-corrected chi connectivity index (χ0v) is 11.6. The summed E-state index contributed by atoms with van der Waals surface area (Å²) in [5.74, 6) is 0. The fourth-order valence-electron chi connectivity index (χ4n) is 1.53. The second-order valence-corrected chi connectivity index (χ2v) is 3.03. The number of rotatable bonds is 3. The molecule has 0 aromatic carbocycles. The van der Waals surface area contributed by atoms with Crippen LogP contribution in [0.3, 0.4) is 0 Å². The van der Waals surface area contributed by atoms with E-state index in [1.165, 1.54) is 0 Å². The van der Waals surface area contributed by atoms with Gasteiger partial charge in [0.1, 0.15) is 0 Å². The Balaban J connectivity index is 0.000000659. The molecule has 2 aromatic heterocycles. The standard InChI is InChI=1S/C10H12N2O2.2C2H6/c13-6-8-2-1-5-12(8)10-3-4-11-9(10)7-14;2*1-2/h1-5,11,13-14H,6-7H2;2*1-2H3. The lowest BCUT2D eigenvalue weighted by molar-refractivity contribution is 0.271. The van der Waals surface area contributed by atoms with Crippen LogP contribution in [0.15, 0.2) is 30.6 Å². The minimum absolute atomic E-state index is 0.0109. The largest absolute Gasteiger partial charge is 0.390 e. The molecular weight excluding hydrogens is 228 g/mol. The van der Waals surface area contributed by atoms with Gasteiger partial charge in [-0.05, 0) is 18.2 Å². The predicted octanol–water partition coefficient (Wildman–Crippen LogP) is 2.84. The zero-order valence-electron chi connectivity index (χ0n) is 11.6. The third-order valence-electron chi connectivity index (χ3n) is 2.22. The van der Waals surface area contributed by atoms with Crippen LogP contribution in [0, 0.1) is 0 Å². The molecule has 0 radical (unpaired) electrons. The SMILES string of the molecule is CC.CC.OCc1[nH]ccc1-n1cccc1CO. The second kappa shape index (κ2) is 9.50. The van der Waals surface area contributed by atoms with Gasteiger partial charge in [0, 0.05) is 18.1 Å².